The summed E-state index contributed by atoms with van der Waals surface area (Å²) in [5, 5.41) is 0. The summed E-state index contributed by atoms with van der Waals surface area (Å²) in [6, 6.07) is 0. The molecule has 0 aliphatic heterocycles. The van der Waals surface area contributed by atoms with Crippen molar-refractivity contribution in [3.8, 4) is 0 Å². The summed E-state index contributed by atoms with van der Waals surface area (Å²) in [6.07, 6.45) is 15.7. The van der Waals surface area contributed by atoms with Crippen molar-refractivity contribution < 1.29 is 9.53 Å². The first-order chi connectivity index (χ1) is 9.72. The smallest absolute Gasteiger partial charge is 0.333 e. The number of hydrogen-bond donors (Lipinski definition) is 0. The Balaban J connectivity index is 3.46. The predicted octanol–water partition coefficient (Wildman–Crippen LogP) is 5.81. The Hall–Kier alpha value is -0.790. The molecule has 0 radical (unpaired) electrons. The van der Waals surface area contributed by atoms with Gasteiger partial charge in [-0.2, -0.15) is 0 Å². The molecule has 0 amide bonds. The Labute approximate surface area is 126 Å². The fraction of sp³-hybridized carbons (Fsp3) is 0.833. The third-order valence-electron chi connectivity index (χ3n) is 3.56. The van der Waals surface area contributed by atoms with Crippen LogP contribution in [0.5, 0.6) is 0 Å². The molecule has 0 aromatic rings. The molecule has 0 heterocycles. The lowest BCUT2D eigenvalue weighted by molar-refractivity contribution is -0.139. The number of carbonyl (C=O) groups is 1. The SMILES string of the molecule is CCCCCCCCCCC=C(C)C(=O)OCCCC. The maximum absolute atomic E-state index is 11.6. The zero-order valence-corrected chi connectivity index (χ0v) is 13.9. The largest absolute Gasteiger partial charge is 0.462 e. The molecule has 0 aliphatic carbocycles. The molecule has 0 spiro atoms. The van der Waals surface area contributed by atoms with Crippen LogP contribution in [-0.2, 0) is 9.53 Å². The molecule has 0 N–H and O–H groups in total. The number of carbonyl (C=O) groups excluding carboxylic acids is 1. The van der Waals surface area contributed by atoms with Gasteiger partial charge in [-0.3, -0.25) is 0 Å². The average molecular weight is 282 g/mol. The van der Waals surface area contributed by atoms with Crippen LogP contribution in [0.25, 0.3) is 0 Å². The van der Waals surface area contributed by atoms with E-state index in [2.05, 4.69) is 13.8 Å². The van der Waals surface area contributed by atoms with Crippen molar-refractivity contribution in [2.75, 3.05) is 6.61 Å². The summed E-state index contributed by atoms with van der Waals surface area (Å²) >= 11 is 0. The van der Waals surface area contributed by atoms with E-state index in [1.54, 1.807) is 0 Å². The van der Waals surface area contributed by atoms with Gasteiger partial charge in [0.25, 0.3) is 0 Å². The summed E-state index contributed by atoms with van der Waals surface area (Å²) < 4.78 is 5.17. The van der Waals surface area contributed by atoms with Crippen LogP contribution in [0.4, 0.5) is 0 Å². The van der Waals surface area contributed by atoms with Crippen molar-refractivity contribution in [2.24, 2.45) is 0 Å². The monoisotopic (exact) mass is 282 g/mol. The van der Waals surface area contributed by atoms with E-state index in [0.29, 0.717) is 6.61 Å². The molecule has 0 saturated heterocycles. The highest BCUT2D eigenvalue weighted by Gasteiger charge is 2.04. The molecular weight excluding hydrogens is 248 g/mol. The van der Waals surface area contributed by atoms with Gasteiger partial charge in [0.05, 0.1) is 6.61 Å². The van der Waals surface area contributed by atoms with Crippen LogP contribution in [-0.4, -0.2) is 12.6 Å². The summed E-state index contributed by atoms with van der Waals surface area (Å²) in [6.45, 7) is 6.76. The van der Waals surface area contributed by atoms with Crippen LogP contribution >= 0.6 is 0 Å². The van der Waals surface area contributed by atoms with E-state index in [-0.39, 0.29) is 5.97 Å². The number of unbranched alkanes of at least 4 members (excludes halogenated alkanes) is 9. The van der Waals surface area contributed by atoms with Gasteiger partial charge in [-0.25, -0.2) is 4.79 Å². The van der Waals surface area contributed by atoms with E-state index in [9.17, 15) is 4.79 Å². The second-order valence-corrected chi connectivity index (χ2v) is 5.64. The van der Waals surface area contributed by atoms with E-state index < -0.39 is 0 Å². The molecule has 0 atom stereocenters. The number of ether oxygens (including phenoxy) is 1. The van der Waals surface area contributed by atoms with Gasteiger partial charge in [0.1, 0.15) is 0 Å². The molecule has 0 unspecified atom stereocenters. The number of rotatable bonds is 13. The Morgan fingerprint density at radius 3 is 2.00 bits per heavy atom. The highest BCUT2D eigenvalue weighted by molar-refractivity contribution is 5.87. The Morgan fingerprint density at radius 2 is 1.40 bits per heavy atom. The van der Waals surface area contributed by atoms with Crippen LogP contribution in [0.15, 0.2) is 11.6 Å². The Bertz CT molecular complexity index is 256. The number of allylic oxidation sites excluding steroid dienone is 1. The highest BCUT2D eigenvalue weighted by Crippen LogP contribution is 2.10. The van der Waals surface area contributed by atoms with Crippen molar-refractivity contribution in [1.29, 1.82) is 0 Å². The van der Waals surface area contributed by atoms with Crippen LogP contribution in [0.3, 0.4) is 0 Å². The van der Waals surface area contributed by atoms with Gasteiger partial charge in [0.15, 0.2) is 0 Å². The third-order valence-corrected chi connectivity index (χ3v) is 3.56. The van der Waals surface area contributed by atoms with Crippen LogP contribution in [0.2, 0.25) is 0 Å². The van der Waals surface area contributed by atoms with Gasteiger partial charge in [-0.05, 0) is 26.2 Å². The van der Waals surface area contributed by atoms with Crippen molar-refractivity contribution in [1.82, 2.24) is 0 Å². The standard InChI is InChI=1S/C18H34O2/c1-4-6-8-9-10-11-12-13-14-15-17(3)18(19)20-16-7-5-2/h15H,4-14,16H2,1-3H3. The van der Waals surface area contributed by atoms with E-state index in [1.807, 2.05) is 13.0 Å². The molecule has 0 aromatic heterocycles. The second-order valence-electron chi connectivity index (χ2n) is 5.64. The Morgan fingerprint density at radius 1 is 0.850 bits per heavy atom. The van der Waals surface area contributed by atoms with Crippen LogP contribution in [0, 0.1) is 0 Å². The van der Waals surface area contributed by atoms with Crippen molar-refractivity contribution in [2.45, 2.75) is 91.4 Å². The van der Waals surface area contributed by atoms with Gasteiger partial charge in [-0.1, -0.05) is 71.3 Å². The molecule has 0 saturated carbocycles. The molecule has 0 aromatic carbocycles. The molecule has 0 bridgehead atoms. The maximum Gasteiger partial charge on any atom is 0.333 e. The summed E-state index contributed by atoms with van der Waals surface area (Å²) in [4.78, 5) is 11.6. The molecule has 2 heteroatoms. The second kappa shape index (κ2) is 14.6. The number of esters is 1. The minimum Gasteiger partial charge on any atom is -0.462 e. The average Bonchev–Trinajstić information content (AvgIpc) is 2.45. The van der Waals surface area contributed by atoms with Crippen molar-refractivity contribution >= 4 is 5.97 Å². The molecule has 0 aliphatic rings. The molecule has 118 valence electrons. The van der Waals surface area contributed by atoms with Gasteiger partial charge in [0, 0.05) is 5.57 Å². The molecule has 0 rings (SSSR count). The van der Waals surface area contributed by atoms with Crippen molar-refractivity contribution in [3.63, 3.8) is 0 Å². The molecule has 2 nitrogen and oxygen atoms in total. The van der Waals surface area contributed by atoms with Crippen molar-refractivity contribution in [3.05, 3.63) is 11.6 Å². The minimum atomic E-state index is -0.141. The van der Waals surface area contributed by atoms with Gasteiger partial charge in [0.2, 0.25) is 0 Å². The van der Waals surface area contributed by atoms with Crippen LogP contribution in [0.1, 0.15) is 91.4 Å². The summed E-state index contributed by atoms with van der Waals surface area (Å²) in [5.41, 5.74) is 0.768. The maximum atomic E-state index is 11.6. The zero-order valence-electron chi connectivity index (χ0n) is 13.9. The van der Waals surface area contributed by atoms with Gasteiger partial charge in [-0.15, -0.1) is 0 Å². The highest BCUT2D eigenvalue weighted by atomic mass is 16.5. The zero-order chi connectivity index (χ0) is 15.1. The summed E-state index contributed by atoms with van der Waals surface area (Å²) in [7, 11) is 0. The quantitative estimate of drug-likeness (QED) is 0.242. The van der Waals surface area contributed by atoms with E-state index in [1.165, 1.54) is 51.4 Å². The van der Waals surface area contributed by atoms with E-state index >= 15 is 0 Å². The normalized spacial score (nSPS) is 11.7. The first-order valence-corrected chi connectivity index (χ1v) is 8.56. The molecular formula is C18H34O2. The van der Waals surface area contributed by atoms with E-state index in [4.69, 9.17) is 4.74 Å². The fourth-order valence-corrected chi connectivity index (χ4v) is 2.10. The number of hydrogen-bond acceptors (Lipinski definition) is 2. The molecule has 20 heavy (non-hydrogen) atoms. The lowest BCUT2D eigenvalue weighted by Crippen LogP contribution is -2.06. The minimum absolute atomic E-state index is 0.141. The lowest BCUT2D eigenvalue weighted by atomic mass is 10.1. The van der Waals surface area contributed by atoms with Gasteiger partial charge >= 0.3 is 5.97 Å². The van der Waals surface area contributed by atoms with Gasteiger partial charge < -0.3 is 4.74 Å². The fourth-order valence-electron chi connectivity index (χ4n) is 2.10. The first kappa shape index (κ1) is 19.2. The predicted molar refractivity (Wildman–Crippen MR) is 86.9 cm³/mol. The lowest BCUT2D eigenvalue weighted by Gasteiger charge is -2.04. The first-order valence-electron chi connectivity index (χ1n) is 8.56. The van der Waals surface area contributed by atoms with E-state index in [0.717, 1.165) is 24.8 Å². The van der Waals surface area contributed by atoms with Crippen LogP contribution < -0.4 is 0 Å². The third kappa shape index (κ3) is 12.3. The topological polar surface area (TPSA) is 26.3 Å². The Kier molecular flexibility index (Phi) is 14.0. The molecule has 0 fully saturated rings. The summed E-state index contributed by atoms with van der Waals surface area (Å²) in [5.74, 6) is -0.141.